The number of anilines is 1. The number of rotatable bonds is 6. The van der Waals surface area contributed by atoms with E-state index in [2.05, 4.69) is 5.32 Å². The highest BCUT2D eigenvalue weighted by Gasteiger charge is 2.71. The van der Waals surface area contributed by atoms with Crippen LogP contribution in [0.2, 0.25) is 0 Å². The lowest BCUT2D eigenvalue weighted by atomic mass is 9.87. The molecule has 6 nitrogen and oxygen atoms in total. The number of aliphatic hydroxyl groups is 1. The fourth-order valence-corrected chi connectivity index (χ4v) is 7.22. The van der Waals surface area contributed by atoms with Gasteiger partial charge in [-0.15, -0.1) is 0 Å². The number of aryl methyl sites for hydroxylation is 2. The van der Waals surface area contributed by atoms with Gasteiger partial charge in [0.25, 0.3) is 15.6 Å². The van der Waals surface area contributed by atoms with Crippen LogP contribution in [0.4, 0.5) is 36.4 Å². The predicted octanol–water partition coefficient (Wildman–Crippen LogP) is 5.60. The number of benzene rings is 2. The van der Waals surface area contributed by atoms with Gasteiger partial charge in [-0.1, -0.05) is 29.8 Å². The van der Waals surface area contributed by atoms with E-state index >= 15 is 0 Å². The highest BCUT2D eigenvalue weighted by atomic mass is 32.2. The lowest BCUT2D eigenvalue weighted by molar-refractivity contribution is -0.376. The van der Waals surface area contributed by atoms with Crippen molar-refractivity contribution in [3.63, 3.8) is 0 Å². The molecule has 1 amide bonds. The summed E-state index contributed by atoms with van der Waals surface area (Å²) in [5, 5.41) is 12.5. The maximum Gasteiger partial charge on any atom is 0.430 e. The Balaban J connectivity index is 1.77. The third-order valence-electron chi connectivity index (χ3n) is 7.85. The SMILES string of the molecule is Cc1ccc(S(=O)(=O)N2c3ccc(C(O)(C(F)(F)F)C(F)(F)F)cc3CCC2CC(=O)NC2CCCC2(C)F)cc1. The first-order chi connectivity index (χ1) is 18.8. The van der Waals surface area contributed by atoms with Crippen LogP contribution in [0.25, 0.3) is 0 Å². The first-order valence-corrected chi connectivity index (χ1v) is 14.3. The number of hydrogen-bond donors (Lipinski definition) is 2. The Bertz CT molecular complexity index is 1390. The number of halogens is 7. The lowest BCUT2D eigenvalue weighted by Gasteiger charge is -2.39. The fraction of sp³-hybridized carbons (Fsp3) is 0.519. The van der Waals surface area contributed by atoms with Crippen molar-refractivity contribution in [2.24, 2.45) is 0 Å². The quantitative estimate of drug-likeness (QED) is 0.417. The van der Waals surface area contributed by atoms with Crippen LogP contribution in [0, 0.1) is 6.92 Å². The summed E-state index contributed by atoms with van der Waals surface area (Å²) in [5.41, 5.74) is -8.02. The summed E-state index contributed by atoms with van der Waals surface area (Å²) in [5.74, 6) is -0.640. The number of nitrogens with zero attached hydrogens (tertiary/aromatic N) is 1. The Morgan fingerprint density at radius 1 is 1.05 bits per heavy atom. The molecule has 3 atom stereocenters. The Hall–Kier alpha value is -2.87. The summed E-state index contributed by atoms with van der Waals surface area (Å²) in [6, 6.07) is 5.42. The lowest BCUT2D eigenvalue weighted by Crippen LogP contribution is -2.54. The largest absolute Gasteiger partial charge is 0.430 e. The van der Waals surface area contributed by atoms with E-state index in [0.717, 1.165) is 15.9 Å². The fourth-order valence-electron chi connectivity index (χ4n) is 5.50. The monoisotopic (exact) mass is 610 g/mol. The Morgan fingerprint density at radius 2 is 1.66 bits per heavy atom. The molecule has 0 radical (unpaired) electrons. The zero-order valence-corrected chi connectivity index (χ0v) is 22.9. The summed E-state index contributed by atoms with van der Waals surface area (Å²) in [4.78, 5) is 12.7. The molecule has 2 aromatic rings. The normalized spacial score (nSPS) is 23.8. The van der Waals surface area contributed by atoms with Gasteiger partial charge in [0, 0.05) is 12.0 Å². The predicted molar refractivity (Wildman–Crippen MR) is 135 cm³/mol. The molecule has 0 bridgehead atoms. The first kappa shape index (κ1) is 31.1. The Labute approximate surface area is 232 Å². The Morgan fingerprint density at radius 3 is 2.20 bits per heavy atom. The topological polar surface area (TPSA) is 86.7 Å². The molecular formula is C27H29F7N2O4S. The molecule has 0 saturated heterocycles. The molecular weight excluding hydrogens is 581 g/mol. The Kier molecular flexibility index (Phi) is 7.91. The minimum Gasteiger partial charge on any atom is -0.369 e. The minimum absolute atomic E-state index is 0.136. The third kappa shape index (κ3) is 5.64. The average Bonchev–Trinajstić information content (AvgIpc) is 3.18. The van der Waals surface area contributed by atoms with Gasteiger partial charge in [0.05, 0.1) is 22.7 Å². The number of fused-ring (bicyclic) bond motifs is 1. The van der Waals surface area contributed by atoms with Crippen molar-refractivity contribution in [2.75, 3.05) is 4.31 Å². The summed E-state index contributed by atoms with van der Waals surface area (Å²) in [6.45, 7) is 3.07. The van der Waals surface area contributed by atoms with Crippen LogP contribution in [0.3, 0.4) is 0 Å². The van der Waals surface area contributed by atoms with E-state index in [9.17, 15) is 49.1 Å². The molecule has 0 aromatic heterocycles. The van der Waals surface area contributed by atoms with Gasteiger partial charge < -0.3 is 10.4 Å². The van der Waals surface area contributed by atoms with E-state index < -0.39 is 63.6 Å². The van der Waals surface area contributed by atoms with Crippen LogP contribution < -0.4 is 9.62 Å². The highest BCUT2D eigenvalue weighted by molar-refractivity contribution is 7.92. The molecule has 1 aliphatic carbocycles. The van der Waals surface area contributed by atoms with Gasteiger partial charge >= 0.3 is 12.4 Å². The number of amides is 1. The van der Waals surface area contributed by atoms with Crippen LogP contribution >= 0.6 is 0 Å². The number of nitrogens with one attached hydrogen (secondary N) is 1. The molecule has 1 fully saturated rings. The molecule has 3 unspecified atom stereocenters. The zero-order chi connectivity index (χ0) is 30.6. The summed E-state index contributed by atoms with van der Waals surface area (Å²) in [6.07, 6.45) is -11.8. The molecule has 2 aromatic carbocycles. The minimum atomic E-state index is -6.12. The van der Waals surface area contributed by atoms with Crippen LogP contribution in [-0.2, 0) is 26.8 Å². The molecule has 41 heavy (non-hydrogen) atoms. The summed E-state index contributed by atoms with van der Waals surface area (Å²) < 4.78 is 124. The van der Waals surface area contributed by atoms with Gasteiger partial charge in [-0.05, 0) is 69.7 Å². The molecule has 2 N–H and O–H groups in total. The van der Waals surface area contributed by atoms with Crippen molar-refractivity contribution in [3.8, 4) is 0 Å². The van der Waals surface area contributed by atoms with Gasteiger partial charge in [-0.2, -0.15) is 26.3 Å². The molecule has 14 heteroatoms. The molecule has 0 spiro atoms. The van der Waals surface area contributed by atoms with Crippen molar-refractivity contribution in [1.82, 2.24) is 5.32 Å². The van der Waals surface area contributed by atoms with Gasteiger partial charge in [-0.3, -0.25) is 9.10 Å². The second-order valence-electron chi connectivity index (χ2n) is 10.9. The van der Waals surface area contributed by atoms with Gasteiger partial charge in [-0.25, -0.2) is 12.8 Å². The van der Waals surface area contributed by atoms with Crippen molar-refractivity contribution in [2.45, 2.75) is 93.0 Å². The molecule has 2 aliphatic rings. The molecule has 1 saturated carbocycles. The van der Waals surface area contributed by atoms with Gasteiger partial charge in [0.15, 0.2) is 0 Å². The van der Waals surface area contributed by atoms with E-state index in [-0.39, 0.29) is 35.4 Å². The summed E-state index contributed by atoms with van der Waals surface area (Å²) in [7, 11) is -4.47. The van der Waals surface area contributed by atoms with Crippen LogP contribution in [0.1, 0.15) is 55.7 Å². The number of alkyl halides is 7. The third-order valence-corrected chi connectivity index (χ3v) is 9.73. The first-order valence-electron chi connectivity index (χ1n) is 12.9. The van der Waals surface area contributed by atoms with Crippen LogP contribution in [-0.4, -0.2) is 49.5 Å². The standard InChI is InChI=1S/C27H29F7N2O4S/c1-16-5-10-20(11-6-16)41(39,40)36-19(15-23(37)35-22-4-3-13-24(22,2)28)9-7-17-14-18(8-12-21(17)36)25(38,26(29,30)31)27(32,33)34/h5-6,8,10-12,14,19,22,38H,3-4,7,9,13,15H2,1-2H3,(H,35,37). The van der Waals surface area contributed by atoms with Gasteiger partial charge in [0.1, 0.15) is 5.67 Å². The van der Waals surface area contributed by atoms with Crippen molar-refractivity contribution in [1.29, 1.82) is 0 Å². The van der Waals surface area contributed by atoms with E-state index in [1.54, 1.807) is 6.92 Å². The zero-order valence-electron chi connectivity index (χ0n) is 22.1. The van der Waals surface area contributed by atoms with E-state index in [1.165, 1.54) is 31.2 Å². The molecule has 1 heterocycles. The van der Waals surface area contributed by atoms with E-state index in [1.807, 2.05) is 0 Å². The van der Waals surface area contributed by atoms with Crippen molar-refractivity contribution >= 4 is 21.6 Å². The molecule has 4 rings (SSSR count). The molecule has 226 valence electrons. The average molecular weight is 611 g/mol. The maximum absolute atomic E-state index is 14.7. The maximum atomic E-state index is 14.7. The highest BCUT2D eigenvalue weighted by Crippen LogP contribution is 2.51. The van der Waals surface area contributed by atoms with Crippen molar-refractivity contribution < 1.29 is 49.1 Å². The number of sulfonamides is 1. The summed E-state index contributed by atoms with van der Waals surface area (Å²) >= 11 is 0. The van der Waals surface area contributed by atoms with E-state index in [4.69, 9.17) is 0 Å². The number of carbonyl (C=O) groups is 1. The second kappa shape index (κ2) is 10.4. The van der Waals surface area contributed by atoms with E-state index in [0.29, 0.717) is 25.0 Å². The van der Waals surface area contributed by atoms with Crippen molar-refractivity contribution in [3.05, 3.63) is 59.2 Å². The van der Waals surface area contributed by atoms with Crippen LogP contribution in [0.15, 0.2) is 47.4 Å². The number of hydrogen-bond acceptors (Lipinski definition) is 4. The number of carbonyl (C=O) groups excluding carboxylic acids is 1. The van der Waals surface area contributed by atoms with Gasteiger partial charge in [0.2, 0.25) is 5.91 Å². The smallest absolute Gasteiger partial charge is 0.369 e. The molecule has 1 aliphatic heterocycles. The second-order valence-corrected chi connectivity index (χ2v) is 12.7. The van der Waals surface area contributed by atoms with Crippen LogP contribution in [0.5, 0.6) is 0 Å².